The van der Waals surface area contributed by atoms with Crippen molar-refractivity contribution < 1.29 is 14.1 Å². The highest BCUT2D eigenvalue weighted by Gasteiger charge is 2.34. The van der Waals surface area contributed by atoms with Crippen molar-refractivity contribution in [3.63, 3.8) is 0 Å². The summed E-state index contributed by atoms with van der Waals surface area (Å²) in [5.41, 5.74) is 2.01. The van der Waals surface area contributed by atoms with E-state index in [4.69, 9.17) is 4.52 Å². The van der Waals surface area contributed by atoms with Gasteiger partial charge in [-0.2, -0.15) is 4.98 Å². The third kappa shape index (κ3) is 4.37. The molecule has 1 saturated heterocycles. The van der Waals surface area contributed by atoms with E-state index in [1.807, 2.05) is 60.3 Å². The van der Waals surface area contributed by atoms with Gasteiger partial charge in [0, 0.05) is 32.8 Å². The van der Waals surface area contributed by atoms with Gasteiger partial charge in [-0.3, -0.25) is 9.59 Å². The van der Waals surface area contributed by atoms with Crippen LogP contribution in [0.1, 0.15) is 17.9 Å². The Kier molecular flexibility index (Phi) is 5.41. The zero-order chi connectivity index (χ0) is 20.2. The lowest BCUT2D eigenvalue weighted by Crippen LogP contribution is -2.33. The average Bonchev–Trinajstić information content (AvgIpc) is 3.45. The SMILES string of the molecule is Cn1cccc1-c1noc(CNC(=O)C2CC(=O)N(CCc3ccccc3)C2)n1. The normalized spacial score (nSPS) is 16.4. The van der Waals surface area contributed by atoms with Crippen molar-refractivity contribution in [3.05, 3.63) is 60.1 Å². The van der Waals surface area contributed by atoms with Crippen LogP contribution in [-0.2, 0) is 29.6 Å². The summed E-state index contributed by atoms with van der Waals surface area (Å²) in [6, 6.07) is 13.8. The van der Waals surface area contributed by atoms with Crippen LogP contribution in [0.15, 0.2) is 53.2 Å². The molecule has 0 spiro atoms. The van der Waals surface area contributed by atoms with E-state index < -0.39 is 0 Å². The maximum Gasteiger partial charge on any atom is 0.246 e. The number of benzene rings is 1. The molecule has 4 rings (SSSR count). The first-order valence-corrected chi connectivity index (χ1v) is 9.64. The van der Waals surface area contributed by atoms with Crippen molar-refractivity contribution in [2.75, 3.05) is 13.1 Å². The second-order valence-electron chi connectivity index (χ2n) is 7.21. The van der Waals surface area contributed by atoms with Gasteiger partial charge in [-0.15, -0.1) is 0 Å². The van der Waals surface area contributed by atoms with E-state index in [1.54, 1.807) is 4.90 Å². The summed E-state index contributed by atoms with van der Waals surface area (Å²) in [4.78, 5) is 30.8. The number of aryl methyl sites for hydroxylation is 1. The summed E-state index contributed by atoms with van der Waals surface area (Å²) in [6.07, 6.45) is 2.91. The lowest BCUT2D eigenvalue weighted by atomic mass is 10.1. The molecule has 1 N–H and O–H groups in total. The van der Waals surface area contributed by atoms with Gasteiger partial charge in [0.15, 0.2) is 0 Å². The summed E-state index contributed by atoms with van der Waals surface area (Å²) < 4.78 is 7.11. The summed E-state index contributed by atoms with van der Waals surface area (Å²) in [7, 11) is 1.90. The minimum atomic E-state index is -0.353. The van der Waals surface area contributed by atoms with Crippen LogP contribution in [0.2, 0.25) is 0 Å². The van der Waals surface area contributed by atoms with Gasteiger partial charge in [-0.05, 0) is 24.1 Å². The van der Waals surface area contributed by atoms with Crippen molar-refractivity contribution in [1.82, 2.24) is 24.9 Å². The number of hydrogen-bond acceptors (Lipinski definition) is 5. The molecule has 150 valence electrons. The number of nitrogens with zero attached hydrogens (tertiary/aromatic N) is 4. The van der Waals surface area contributed by atoms with Gasteiger partial charge in [0.2, 0.25) is 23.5 Å². The predicted molar refractivity (Wildman–Crippen MR) is 105 cm³/mol. The monoisotopic (exact) mass is 393 g/mol. The maximum absolute atomic E-state index is 12.5. The largest absolute Gasteiger partial charge is 0.348 e. The van der Waals surface area contributed by atoms with Crippen molar-refractivity contribution in [3.8, 4) is 11.5 Å². The third-order valence-electron chi connectivity index (χ3n) is 5.15. The molecular formula is C21H23N5O3. The van der Waals surface area contributed by atoms with Gasteiger partial charge in [0.25, 0.3) is 0 Å². The van der Waals surface area contributed by atoms with E-state index in [1.165, 1.54) is 5.56 Å². The maximum atomic E-state index is 12.5. The zero-order valence-electron chi connectivity index (χ0n) is 16.2. The molecule has 1 aliphatic heterocycles. The van der Waals surface area contributed by atoms with Crippen LogP contribution in [0.3, 0.4) is 0 Å². The minimum absolute atomic E-state index is 0.0184. The van der Waals surface area contributed by atoms with Crippen molar-refractivity contribution in [1.29, 1.82) is 0 Å². The molecule has 1 fully saturated rings. The van der Waals surface area contributed by atoms with Crippen LogP contribution < -0.4 is 5.32 Å². The average molecular weight is 393 g/mol. The Labute approximate surface area is 168 Å². The van der Waals surface area contributed by atoms with Gasteiger partial charge in [-0.1, -0.05) is 35.5 Å². The number of carbonyl (C=O) groups is 2. The molecule has 0 saturated carbocycles. The first-order chi connectivity index (χ1) is 14.1. The smallest absolute Gasteiger partial charge is 0.246 e. The Hall–Kier alpha value is -3.42. The molecule has 8 nitrogen and oxygen atoms in total. The first kappa shape index (κ1) is 18.9. The van der Waals surface area contributed by atoms with E-state index in [0.717, 1.165) is 12.1 Å². The summed E-state index contributed by atoms with van der Waals surface area (Å²) in [5.74, 6) is 0.308. The molecule has 0 aliphatic carbocycles. The molecule has 1 atom stereocenters. The van der Waals surface area contributed by atoms with Crippen LogP contribution in [0.25, 0.3) is 11.5 Å². The second kappa shape index (κ2) is 8.30. The number of likely N-dealkylation sites (tertiary alicyclic amines) is 1. The minimum Gasteiger partial charge on any atom is -0.348 e. The standard InChI is InChI=1S/C21H23N5O3/c1-25-10-5-8-17(25)20-23-18(29-24-20)13-22-21(28)16-12-19(27)26(14-16)11-9-15-6-3-2-4-7-15/h2-8,10,16H,9,11-14H2,1H3,(H,22,28). The van der Waals surface area contributed by atoms with Gasteiger partial charge >= 0.3 is 0 Å². The Morgan fingerprint density at radius 2 is 2.07 bits per heavy atom. The molecular weight excluding hydrogens is 370 g/mol. The van der Waals surface area contributed by atoms with E-state index >= 15 is 0 Å². The lowest BCUT2D eigenvalue weighted by molar-refractivity contribution is -0.129. The van der Waals surface area contributed by atoms with Crippen LogP contribution in [0.4, 0.5) is 0 Å². The molecule has 8 heteroatoms. The van der Waals surface area contributed by atoms with Gasteiger partial charge < -0.3 is 19.3 Å². The number of hydrogen-bond donors (Lipinski definition) is 1. The molecule has 1 aromatic carbocycles. The molecule has 3 heterocycles. The highest BCUT2D eigenvalue weighted by atomic mass is 16.5. The zero-order valence-corrected chi connectivity index (χ0v) is 16.2. The van der Waals surface area contributed by atoms with E-state index in [2.05, 4.69) is 15.5 Å². The van der Waals surface area contributed by atoms with Gasteiger partial charge in [0.1, 0.15) is 0 Å². The molecule has 2 amide bonds. The van der Waals surface area contributed by atoms with Gasteiger partial charge in [-0.25, -0.2) is 0 Å². The Bertz CT molecular complexity index is 995. The molecule has 1 unspecified atom stereocenters. The van der Waals surface area contributed by atoms with Crippen LogP contribution >= 0.6 is 0 Å². The van der Waals surface area contributed by atoms with E-state index in [9.17, 15) is 9.59 Å². The fourth-order valence-electron chi connectivity index (χ4n) is 3.50. The van der Waals surface area contributed by atoms with Crippen molar-refractivity contribution in [2.45, 2.75) is 19.4 Å². The summed E-state index contributed by atoms with van der Waals surface area (Å²) in [5, 5.41) is 6.76. The lowest BCUT2D eigenvalue weighted by Gasteiger charge is -2.16. The summed E-state index contributed by atoms with van der Waals surface area (Å²) in [6.45, 7) is 1.21. The Morgan fingerprint density at radius 3 is 2.83 bits per heavy atom. The molecule has 0 bridgehead atoms. The third-order valence-corrected chi connectivity index (χ3v) is 5.15. The molecule has 2 aromatic heterocycles. The fraction of sp³-hybridized carbons (Fsp3) is 0.333. The molecule has 3 aromatic rings. The highest BCUT2D eigenvalue weighted by molar-refractivity contribution is 5.89. The van der Waals surface area contributed by atoms with Crippen molar-refractivity contribution >= 4 is 11.8 Å². The van der Waals surface area contributed by atoms with Crippen LogP contribution in [0, 0.1) is 5.92 Å². The van der Waals surface area contributed by atoms with Crippen LogP contribution in [0.5, 0.6) is 0 Å². The fourth-order valence-corrected chi connectivity index (χ4v) is 3.50. The van der Waals surface area contributed by atoms with E-state index in [0.29, 0.717) is 24.8 Å². The summed E-state index contributed by atoms with van der Waals surface area (Å²) >= 11 is 0. The Balaban J connectivity index is 1.27. The number of carbonyl (C=O) groups excluding carboxylic acids is 2. The second-order valence-corrected chi connectivity index (χ2v) is 7.21. The quantitative estimate of drug-likeness (QED) is 0.660. The van der Waals surface area contributed by atoms with Crippen LogP contribution in [-0.4, -0.2) is 44.5 Å². The molecule has 1 aliphatic rings. The van der Waals surface area contributed by atoms with Gasteiger partial charge in [0.05, 0.1) is 18.2 Å². The number of aromatic nitrogens is 3. The highest BCUT2D eigenvalue weighted by Crippen LogP contribution is 2.19. The predicted octanol–water partition coefficient (Wildman–Crippen LogP) is 1.78. The Morgan fingerprint density at radius 1 is 1.24 bits per heavy atom. The molecule has 29 heavy (non-hydrogen) atoms. The van der Waals surface area contributed by atoms with E-state index in [-0.39, 0.29) is 30.7 Å². The number of rotatable bonds is 7. The number of nitrogens with one attached hydrogen (secondary N) is 1. The first-order valence-electron chi connectivity index (χ1n) is 9.64. The van der Waals surface area contributed by atoms with Crippen molar-refractivity contribution in [2.24, 2.45) is 13.0 Å². The topological polar surface area (TPSA) is 93.3 Å². The number of amides is 2. The molecule has 0 radical (unpaired) electrons.